The van der Waals surface area contributed by atoms with Gasteiger partial charge in [0.1, 0.15) is 17.5 Å². The number of benzene rings is 1. The Hall–Kier alpha value is -1.87. The summed E-state index contributed by atoms with van der Waals surface area (Å²) in [6.45, 7) is 0.356. The molecule has 0 fully saturated rings. The molecule has 0 aliphatic heterocycles. The first-order valence-corrected chi connectivity index (χ1v) is 5.45. The van der Waals surface area contributed by atoms with Crippen LogP contribution in [-0.2, 0) is 6.61 Å². The van der Waals surface area contributed by atoms with Crippen molar-refractivity contribution in [2.24, 2.45) is 0 Å². The largest absolute Gasteiger partial charge is 0.488 e. The minimum atomic E-state index is 0.356. The molecule has 0 radical (unpaired) electrons. The lowest BCUT2D eigenvalue weighted by Crippen LogP contribution is -1.98. The molecule has 3 nitrogen and oxygen atoms in total. The fourth-order valence-electron chi connectivity index (χ4n) is 1.36. The van der Waals surface area contributed by atoms with Gasteiger partial charge in [0.05, 0.1) is 5.56 Å². The standard InChI is InChI=1S/C13H10ClNO2/c14-13-6-5-10(7-15-13)9-17-12-4-2-1-3-11(12)8-16/h1-8H,9H2. The van der Waals surface area contributed by atoms with Gasteiger partial charge in [0, 0.05) is 11.8 Å². The van der Waals surface area contributed by atoms with Gasteiger partial charge >= 0.3 is 0 Å². The predicted molar refractivity (Wildman–Crippen MR) is 65.4 cm³/mol. The third-order valence-corrected chi connectivity index (χ3v) is 2.45. The van der Waals surface area contributed by atoms with Crippen LogP contribution in [0.4, 0.5) is 0 Å². The van der Waals surface area contributed by atoms with Crippen molar-refractivity contribution in [1.82, 2.24) is 4.98 Å². The summed E-state index contributed by atoms with van der Waals surface area (Å²) in [7, 11) is 0. The monoisotopic (exact) mass is 247 g/mol. The normalized spacial score (nSPS) is 9.94. The number of hydrogen-bond donors (Lipinski definition) is 0. The summed E-state index contributed by atoms with van der Waals surface area (Å²) in [5, 5.41) is 0.446. The summed E-state index contributed by atoms with van der Waals surface area (Å²) in [6.07, 6.45) is 2.42. The Morgan fingerprint density at radius 2 is 2.06 bits per heavy atom. The average Bonchev–Trinajstić information content (AvgIpc) is 2.38. The Labute approximate surface area is 104 Å². The molecule has 0 unspecified atom stereocenters. The lowest BCUT2D eigenvalue weighted by molar-refractivity contribution is 0.111. The molecular weight excluding hydrogens is 238 g/mol. The van der Waals surface area contributed by atoms with Crippen molar-refractivity contribution in [1.29, 1.82) is 0 Å². The van der Waals surface area contributed by atoms with E-state index in [9.17, 15) is 4.79 Å². The molecule has 1 aromatic heterocycles. The number of ether oxygens (including phenoxy) is 1. The second kappa shape index (κ2) is 5.46. The van der Waals surface area contributed by atoms with Gasteiger partial charge in [-0.05, 0) is 18.2 Å². The molecule has 2 aromatic rings. The van der Waals surface area contributed by atoms with Crippen LogP contribution in [0, 0.1) is 0 Å². The lowest BCUT2D eigenvalue weighted by atomic mass is 10.2. The van der Waals surface area contributed by atoms with E-state index in [-0.39, 0.29) is 0 Å². The van der Waals surface area contributed by atoms with Crippen molar-refractivity contribution in [3.05, 3.63) is 58.9 Å². The summed E-state index contributed by atoms with van der Waals surface area (Å²) in [5.74, 6) is 0.567. The minimum absolute atomic E-state index is 0.356. The summed E-state index contributed by atoms with van der Waals surface area (Å²) >= 11 is 5.68. The predicted octanol–water partition coefficient (Wildman–Crippen LogP) is 3.13. The highest BCUT2D eigenvalue weighted by molar-refractivity contribution is 6.29. The second-order valence-electron chi connectivity index (χ2n) is 3.43. The molecule has 0 atom stereocenters. The molecule has 2 rings (SSSR count). The van der Waals surface area contributed by atoms with Gasteiger partial charge in [-0.1, -0.05) is 29.8 Å². The smallest absolute Gasteiger partial charge is 0.153 e. The van der Waals surface area contributed by atoms with Crippen LogP contribution in [0.3, 0.4) is 0 Å². The van der Waals surface area contributed by atoms with Crippen molar-refractivity contribution >= 4 is 17.9 Å². The van der Waals surface area contributed by atoms with E-state index in [0.29, 0.717) is 23.1 Å². The minimum Gasteiger partial charge on any atom is -0.488 e. The van der Waals surface area contributed by atoms with Gasteiger partial charge in [-0.25, -0.2) is 4.98 Å². The number of halogens is 1. The third-order valence-electron chi connectivity index (χ3n) is 2.23. The van der Waals surface area contributed by atoms with Crippen molar-refractivity contribution < 1.29 is 9.53 Å². The molecule has 1 heterocycles. The summed E-state index contributed by atoms with van der Waals surface area (Å²) in [5.41, 5.74) is 1.43. The van der Waals surface area contributed by atoms with Crippen molar-refractivity contribution in [2.75, 3.05) is 0 Å². The van der Waals surface area contributed by atoms with Gasteiger partial charge in [-0.2, -0.15) is 0 Å². The molecule has 0 spiro atoms. The number of rotatable bonds is 4. The number of carbonyl (C=O) groups is 1. The molecule has 86 valence electrons. The first kappa shape index (κ1) is 11.6. The molecule has 0 aliphatic carbocycles. The number of hydrogen-bond acceptors (Lipinski definition) is 3. The molecule has 0 saturated carbocycles. The highest BCUT2D eigenvalue weighted by atomic mass is 35.5. The third kappa shape index (κ3) is 3.04. The Morgan fingerprint density at radius 3 is 2.76 bits per heavy atom. The van der Waals surface area contributed by atoms with Gasteiger partial charge < -0.3 is 4.74 Å². The van der Waals surface area contributed by atoms with Crippen molar-refractivity contribution in [3.63, 3.8) is 0 Å². The quantitative estimate of drug-likeness (QED) is 0.616. The van der Waals surface area contributed by atoms with Crippen molar-refractivity contribution in [3.8, 4) is 5.75 Å². The molecule has 1 aromatic carbocycles. The number of para-hydroxylation sites is 1. The van der Waals surface area contributed by atoms with E-state index in [4.69, 9.17) is 16.3 Å². The van der Waals surface area contributed by atoms with Crippen LogP contribution in [-0.4, -0.2) is 11.3 Å². The van der Waals surface area contributed by atoms with E-state index < -0.39 is 0 Å². The number of aldehydes is 1. The van der Waals surface area contributed by atoms with E-state index in [0.717, 1.165) is 11.8 Å². The SMILES string of the molecule is O=Cc1ccccc1OCc1ccc(Cl)nc1. The van der Waals surface area contributed by atoms with E-state index in [2.05, 4.69) is 4.98 Å². The number of nitrogens with zero attached hydrogens (tertiary/aromatic N) is 1. The summed E-state index contributed by atoms with van der Waals surface area (Å²) < 4.78 is 5.54. The zero-order valence-corrected chi connectivity index (χ0v) is 9.72. The van der Waals surface area contributed by atoms with Crippen LogP contribution >= 0.6 is 11.6 Å². The zero-order valence-electron chi connectivity index (χ0n) is 8.97. The molecule has 4 heteroatoms. The molecule has 0 bridgehead atoms. The van der Waals surface area contributed by atoms with Crippen LogP contribution in [0.1, 0.15) is 15.9 Å². The molecule has 0 aliphatic rings. The Morgan fingerprint density at radius 1 is 1.24 bits per heavy atom. The maximum Gasteiger partial charge on any atom is 0.153 e. The molecule has 0 N–H and O–H groups in total. The summed E-state index contributed by atoms with van der Waals surface area (Å²) in [6, 6.07) is 10.6. The lowest BCUT2D eigenvalue weighted by Gasteiger charge is -2.07. The fraction of sp³-hybridized carbons (Fsp3) is 0.0769. The van der Waals surface area contributed by atoms with Crippen LogP contribution in [0.15, 0.2) is 42.6 Å². The first-order valence-electron chi connectivity index (χ1n) is 5.07. The Balaban J connectivity index is 2.07. The van der Waals surface area contributed by atoms with Gasteiger partial charge in [-0.3, -0.25) is 4.79 Å². The maximum absolute atomic E-state index is 10.8. The highest BCUT2D eigenvalue weighted by Gasteiger charge is 2.02. The Bertz CT molecular complexity index is 511. The fourth-order valence-corrected chi connectivity index (χ4v) is 1.47. The molecule has 0 saturated heterocycles. The molecular formula is C13H10ClNO2. The van der Waals surface area contributed by atoms with Crippen molar-refractivity contribution in [2.45, 2.75) is 6.61 Å². The van der Waals surface area contributed by atoms with E-state index in [1.807, 2.05) is 12.1 Å². The van der Waals surface area contributed by atoms with Crippen LogP contribution in [0.5, 0.6) is 5.75 Å². The highest BCUT2D eigenvalue weighted by Crippen LogP contribution is 2.17. The number of carbonyl (C=O) groups excluding carboxylic acids is 1. The second-order valence-corrected chi connectivity index (χ2v) is 3.82. The average molecular weight is 248 g/mol. The summed E-state index contributed by atoms with van der Waals surface area (Å²) in [4.78, 5) is 14.7. The van der Waals surface area contributed by atoms with Gasteiger partial charge in [0.2, 0.25) is 0 Å². The van der Waals surface area contributed by atoms with Crippen LogP contribution < -0.4 is 4.74 Å². The number of pyridine rings is 1. The molecule has 17 heavy (non-hydrogen) atoms. The van der Waals surface area contributed by atoms with Gasteiger partial charge in [0.25, 0.3) is 0 Å². The topological polar surface area (TPSA) is 39.2 Å². The Kier molecular flexibility index (Phi) is 3.73. The number of aromatic nitrogens is 1. The van der Waals surface area contributed by atoms with Crippen LogP contribution in [0.2, 0.25) is 5.15 Å². The first-order chi connectivity index (χ1) is 8.29. The van der Waals surface area contributed by atoms with Crippen LogP contribution in [0.25, 0.3) is 0 Å². The van der Waals surface area contributed by atoms with Gasteiger partial charge in [-0.15, -0.1) is 0 Å². The van der Waals surface area contributed by atoms with E-state index in [1.54, 1.807) is 30.5 Å². The van der Waals surface area contributed by atoms with E-state index >= 15 is 0 Å². The van der Waals surface area contributed by atoms with E-state index in [1.165, 1.54) is 0 Å². The maximum atomic E-state index is 10.8. The van der Waals surface area contributed by atoms with Gasteiger partial charge in [0.15, 0.2) is 6.29 Å². The zero-order chi connectivity index (χ0) is 12.1. The molecule has 0 amide bonds.